The van der Waals surface area contributed by atoms with Gasteiger partial charge in [-0.2, -0.15) is 5.10 Å². The number of hydrogen-bond acceptors (Lipinski definition) is 5. The normalized spacial score (nSPS) is 18.1. The topological polar surface area (TPSA) is 117 Å². The highest BCUT2D eigenvalue weighted by atomic mass is 35.5. The van der Waals surface area contributed by atoms with E-state index >= 15 is 0 Å². The number of halogens is 3. The molecule has 1 heterocycles. The first-order valence-electron chi connectivity index (χ1n) is 11.9. The van der Waals surface area contributed by atoms with Crippen LogP contribution in [-0.2, 0) is 21.7 Å². The summed E-state index contributed by atoms with van der Waals surface area (Å²) in [5.41, 5.74) is -0.965. The van der Waals surface area contributed by atoms with Gasteiger partial charge in [0.15, 0.2) is 0 Å². The van der Waals surface area contributed by atoms with Crippen molar-refractivity contribution in [3.8, 4) is 0 Å². The van der Waals surface area contributed by atoms with Crippen LogP contribution in [0.2, 0.25) is 15.1 Å². The standard InChI is InChI=1S/C15H18ClN3O.C11H9Cl2NO3/c1-11(12-2-3-12)15(20,8-19-10-17-9-18-19)13-4-6-14(16)7-5-13;12-6-1-2-8(7(13)5-6)14-9(15)11(3-4-11)10(16)17/h4-7,9-12,20H,2-3,8H2,1H3;1-2,5H,3-4H2,(H,14,15)(H,16,17). The number of aromatic nitrogens is 3. The molecule has 196 valence electrons. The number of amides is 1. The van der Waals surface area contributed by atoms with Crippen molar-refractivity contribution >= 4 is 52.4 Å². The molecule has 3 aromatic rings. The van der Waals surface area contributed by atoms with Gasteiger partial charge in [0.25, 0.3) is 0 Å². The lowest BCUT2D eigenvalue weighted by molar-refractivity contribution is -0.147. The van der Waals surface area contributed by atoms with Gasteiger partial charge in [-0.25, -0.2) is 9.67 Å². The number of aliphatic carboxylic acids is 1. The number of anilines is 1. The number of nitrogens with zero attached hydrogens (tertiary/aromatic N) is 3. The number of aliphatic hydroxyl groups is 1. The lowest BCUT2D eigenvalue weighted by atomic mass is 9.79. The fourth-order valence-corrected chi connectivity index (χ4v) is 4.86. The van der Waals surface area contributed by atoms with E-state index in [4.69, 9.17) is 39.9 Å². The molecule has 2 aliphatic carbocycles. The SMILES string of the molecule is CC(C1CC1)C(O)(Cn1cncn1)c1ccc(Cl)cc1.O=C(O)C1(C(=O)Nc2ccc(Cl)cc2Cl)CC1. The van der Waals surface area contributed by atoms with Crippen molar-refractivity contribution < 1.29 is 19.8 Å². The van der Waals surface area contributed by atoms with E-state index in [2.05, 4.69) is 22.3 Å². The highest BCUT2D eigenvalue weighted by Gasteiger charge is 2.57. The molecule has 1 aromatic heterocycles. The number of benzene rings is 2. The number of nitrogens with one attached hydrogen (secondary N) is 1. The average Bonchev–Trinajstić information content (AvgIpc) is 3.79. The van der Waals surface area contributed by atoms with Gasteiger partial charge < -0.3 is 15.5 Å². The molecule has 0 radical (unpaired) electrons. The molecule has 2 aliphatic rings. The first-order chi connectivity index (χ1) is 17.5. The molecule has 0 spiro atoms. The maximum atomic E-state index is 11.8. The van der Waals surface area contributed by atoms with Crippen molar-refractivity contribution in [1.82, 2.24) is 14.8 Å². The Labute approximate surface area is 229 Å². The Kier molecular flexibility index (Phi) is 8.14. The Morgan fingerprint density at radius 3 is 2.30 bits per heavy atom. The summed E-state index contributed by atoms with van der Waals surface area (Å²) in [4.78, 5) is 26.7. The highest BCUT2D eigenvalue weighted by molar-refractivity contribution is 6.36. The summed E-state index contributed by atoms with van der Waals surface area (Å²) in [6.07, 6.45) is 6.23. The quantitative estimate of drug-likeness (QED) is 0.303. The molecule has 2 saturated carbocycles. The van der Waals surface area contributed by atoms with Crippen molar-refractivity contribution in [3.05, 3.63) is 75.8 Å². The Bertz CT molecular complexity index is 1260. The van der Waals surface area contributed by atoms with Crippen LogP contribution >= 0.6 is 34.8 Å². The number of carbonyl (C=O) groups is 2. The Morgan fingerprint density at radius 1 is 1.14 bits per heavy atom. The third-order valence-electron chi connectivity index (χ3n) is 7.07. The van der Waals surface area contributed by atoms with Crippen molar-refractivity contribution in [3.63, 3.8) is 0 Å². The molecule has 2 fully saturated rings. The maximum Gasteiger partial charge on any atom is 0.319 e. The van der Waals surface area contributed by atoms with Gasteiger partial charge in [0.1, 0.15) is 23.7 Å². The van der Waals surface area contributed by atoms with E-state index in [1.807, 2.05) is 24.3 Å². The van der Waals surface area contributed by atoms with Crippen LogP contribution in [0, 0.1) is 17.3 Å². The third-order valence-corrected chi connectivity index (χ3v) is 7.87. The molecule has 5 rings (SSSR count). The molecular formula is C26H27Cl3N4O4. The van der Waals surface area contributed by atoms with Crippen LogP contribution in [0.1, 0.15) is 38.2 Å². The van der Waals surface area contributed by atoms with Crippen LogP contribution in [-0.4, -0.2) is 36.9 Å². The zero-order chi connectivity index (χ0) is 26.8. The van der Waals surface area contributed by atoms with Gasteiger partial charge in [0.2, 0.25) is 5.91 Å². The van der Waals surface area contributed by atoms with Crippen molar-refractivity contribution in [2.24, 2.45) is 17.3 Å². The zero-order valence-electron chi connectivity index (χ0n) is 20.1. The van der Waals surface area contributed by atoms with E-state index < -0.39 is 22.9 Å². The van der Waals surface area contributed by atoms with Gasteiger partial charge >= 0.3 is 5.97 Å². The molecule has 0 saturated heterocycles. The first kappa shape index (κ1) is 27.4. The second-order valence-corrected chi connectivity index (χ2v) is 10.9. The molecule has 37 heavy (non-hydrogen) atoms. The number of carboxylic acid groups (broad SMARTS) is 1. The number of carbonyl (C=O) groups excluding carboxylic acids is 1. The van der Waals surface area contributed by atoms with E-state index in [9.17, 15) is 14.7 Å². The molecule has 2 aromatic carbocycles. The van der Waals surface area contributed by atoms with Crippen LogP contribution in [0.25, 0.3) is 0 Å². The van der Waals surface area contributed by atoms with Gasteiger partial charge in [0.05, 0.1) is 17.3 Å². The summed E-state index contributed by atoms with van der Waals surface area (Å²) >= 11 is 17.5. The number of rotatable bonds is 8. The van der Waals surface area contributed by atoms with E-state index in [1.54, 1.807) is 23.1 Å². The van der Waals surface area contributed by atoms with Crippen LogP contribution in [0.4, 0.5) is 5.69 Å². The summed E-state index contributed by atoms with van der Waals surface area (Å²) in [5, 5.41) is 28.3. The molecule has 2 atom stereocenters. The summed E-state index contributed by atoms with van der Waals surface area (Å²) < 4.78 is 1.69. The minimum Gasteiger partial charge on any atom is -0.480 e. The summed E-state index contributed by atoms with van der Waals surface area (Å²) in [6, 6.07) is 12.0. The lowest BCUT2D eigenvalue weighted by Crippen LogP contribution is -2.39. The summed E-state index contributed by atoms with van der Waals surface area (Å²) in [5.74, 6) is -0.874. The highest BCUT2D eigenvalue weighted by Crippen LogP contribution is 2.47. The number of carboxylic acids is 1. The second-order valence-electron chi connectivity index (χ2n) is 9.62. The molecule has 0 aliphatic heterocycles. The Balaban J connectivity index is 0.000000176. The predicted molar refractivity (Wildman–Crippen MR) is 142 cm³/mol. The van der Waals surface area contributed by atoms with Crippen LogP contribution in [0.3, 0.4) is 0 Å². The van der Waals surface area contributed by atoms with E-state index in [1.165, 1.54) is 25.2 Å². The molecule has 0 bridgehead atoms. The summed E-state index contributed by atoms with van der Waals surface area (Å²) in [7, 11) is 0. The van der Waals surface area contributed by atoms with Crippen LogP contribution in [0.5, 0.6) is 0 Å². The van der Waals surface area contributed by atoms with Gasteiger partial charge in [0, 0.05) is 10.0 Å². The molecule has 3 N–H and O–H groups in total. The van der Waals surface area contributed by atoms with Crippen LogP contribution in [0.15, 0.2) is 55.1 Å². The monoisotopic (exact) mass is 564 g/mol. The fourth-order valence-electron chi connectivity index (χ4n) is 4.28. The average molecular weight is 566 g/mol. The van der Waals surface area contributed by atoms with Gasteiger partial charge in [-0.05, 0) is 73.4 Å². The largest absolute Gasteiger partial charge is 0.480 e. The van der Waals surface area contributed by atoms with Crippen LogP contribution < -0.4 is 5.32 Å². The summed E-state index contributed by atoms with van der Waals surface area (Å²) in [6.45, 7) is 2.52. The van der Waals surface area contributed by atoms with Gasteiger partial charge in [-0.15, -0.1) is 0 Å². The zero-order valence-corrected chi connectivity index (χ0v) is 22.3. The molecule has 2 unspecified atom stereocenters. The van der Waals surface area contributed by atoms with Gasteiger partial charge in [-0.1, -0.05) is 53.9 Å². The molecule has 1 amide bonds. The van der Waals surface area contributed by atoms with Gasteiger partial charge in [-0.3, -0.25) is 9.59 Å². The molecule has 8 nitrogen and oxygen atoms in total. The Hall–Kier alpha value is -2.65. The first-order valence-corrected chi connectivity index (χ1v) is 13.0. The van der Waals surface area contributed by atoms with E-state index in [-0.39, 0.29) is 10.9 Å². The third kappa shape index (κ3) is 6.26. The smallest absolute Gasteiger partial charge is 0.319 e. The van der Waals surface area contributed by atoms with Crippen molar-refractivity contribution in [2.45, 2.75) is 44.8 Å². The van der Waals surface area contributed by atoms with E-state index in [0.717, 1.165) is 5.56 Å². The lowest BCUT2D eigenvalue weighted by Gasteiger charge is -2.35. The minimum atomic E-state index is -1.27. The minimum absolute atomic E-state index is 0.174. The molecular weight excluding hydrogens is 539 g/mol. The van der Waals surface area contributed by atoms with Crippen molar-refractivity contribution in [2.75, 3.05) is 5.32 Å². The number of hydrogen-bond donors (Lipinski definition) is 3. The maximum absolute atomic E-state index is 11.8. The second kappa shape index (κ2) is 11.0. The Morgan fingerprint density at radius 2 is 1.78 bits per heavy atom. The fraction of sp³-hybridized carbons (Fsp3) is 0.385. The van der Waals surface area contributed by atoms with Crippen molar-refractivity contribution in [1.29, 1.82) is 0 Å². The molecule has 11 heteroatoms. The van der Waals surface area contributed by atoms with E-state index in [0.29, 0.717) is 41.0 Å². The predicted octanol–water partition coefficient (Wildman–Crippen LogP) is 5.66.